The van der Waals surface area contributed by atoms with Crippen molar-refractivity contribution >= 4 is 12.0 Å². The van der Waals surface area contributed by atoms with E-state index in [1.807, 2.05) is 0 Å². The van der Waals surface area contributed by atoms with E-state index in [4.69, 9.17) is 0 Å². The molecule has 1 aliphatic heterocycles. The van der Waals surface area contributed by atoms with Gasteiger partial charge >= 0.3 is 12.0 Å². The second-order valence-corrected chi connectivity index (χ2v) is 5.36. The highest BCUT2D eigenvalue weighted by molar-refractivity contribution is 5.83. The minimum Gasteiger partial charge on any atom is -0.480 e. The number of carboxylic acids is 1. The first-order valence-electron chi connectivity index (χ1n) is 6.93. The average Bonchev–Trinajstić information content (AvgIpc) is 3.09. The summed E-state index contributed by atoms with van der Waals surface area (Å²) in [5.74, 6) is -0.293. The van der Waals surface area contributed by atoms with Crippen molar-refractivity contribution in [2.24, 2.45) is 5.92 Å². The van der Waals surface area contributed by atoms with E-state index in [0.717, 1.165) is 32.1 Å². The maximum Gasteiger partial charge on any atom is 0.326 e. The van der Waals surface area contributed by atoms with Gasteiger partial charge in [0.05, 0.1) is 0 Å². The zero-order valence-corrected chi connectivity index (χ0v) is 10.9. The van der Waals surface area contributed by atoms with Crippen molar-refractivity contribution in [3.8, 4) is 0 Å². The number of urea groups is 1. The van der Waals surface area contributed by atoms with Crippen molar-refractivity contribution in [1.82, 2.24) is 10.2 Å². The van der Waals surface area contributed by atoms with E-state index in [1.54, 1.807) is 0 Å². The van der Waals surface area contributed by atoms with Crippen LogP contribution in [0.4, 0.5) is 4.79 Å². The number of likely N-dealkylation sites (tertiary alicyclic amines) is 1. The topological polar surface area (TPSA) is 69.6 Å². The summed E-state index contributed by atoms with van der Waals surface area (Å²) in [4.78, 5) is 24.9. The van der Waals surface area contributed by atoms with Crippen LogP contribution in [-0.2, 0) is 4.79 Å². The Balaban J connectivity index is 1.94. The highest BCUT2D eigenvalue weighted by atomic mass is 16.4. The molecule has 2 rings (SSSR count). The van der Waals surface area contributed by atoms with Gasteiger partial charge in [-0.05, 0) is 25.2 Å². The van der Waals surface area contributed by atoms with Gasteiger partial charge in [-0.1, -0.05) is 26.2 Å². The van der Waals surface area contributed by atoms with Crippen LogP contribution in [0.25, 0.3) is 0 Å². The molecule has 2 aliphatic rings. The number of carbonyl (C=O) groups is 2. The number of nitrogens with zero attached hydrogens (tertiary/aromatic N) is 1. The first-order chi connectivity index (χ1) is 8.63. The molecule has 0 aromatic heterocycles. The molecule has 1 heterocycles. The van der Waals surface area contributed by atoms with Gasteiger partial charge in [-0.2, -0.15) is 0 Å². The molecule has 1 saturated carbocycles. The third-order valence-electron chi connectivity index (χ3n) is 4.05. The summed E-state index contributed by atoms with van der Waals surface area (Å²) in [5.41, 5.74) is 0. The van der Waals surface area contributed by atoms with E-state index in [1.165, 1.54) is 4.90 Å². The normalized spacial score (nSPS) is 31.6. The summed E-state index contributed by atoms with van der Waals surface area (Å²) in [7, 11) is 0. The van der Waals surface area contributed by atoms with Crippen LogP contribution in [0, 0.1) is 5.92 Å². The quantitative estimate of drug-likeness (QED) is 0.807. The Bertz CT molecular complexity index is 332. The van der Waals surface area contributed by atoms with Gasteiger partial charge in [0.25, 0.3) is 0 Å². The number of carbonyl (C=O) groups excluding carboxylic acids is 1. The minimum absolute atomic E-state index is 0.190. The van der Waals surface area contributed by atoms with E-state index >= 15 is 0 Å². The molecule has 5 heteroatoms. The van der Waals surface area contributed by atoms with Gasteiger partial charge < -0.3 is 15.3 Å². The second-order valence-electron chi connectivity index (χ2n) is 5.36. The fraction of sp³-hybridized carbons (Fsp3) is 0.846. The Morgan fingerprint density at radius 2 is 2.11 bits per heavy atom. The maximum absolute atomic E-state index is 12.1. The molecular weight excluding hydrogens is 232 g/mol. The summed E-state index contributed by atoms with van der Waals surface area (Å²) in [6.07, 6.45) is 5.49. The molecular formula is C13H22N2O3. The lowest BCUT2D eigenvalue weighted by Crippen LogP contribution is -2.50. The smallest absolute Gasteiger partial charge is 0.326 e. The van der Waals surface area contributed by atoms with E-state index in [-0.39, 0.29) is 12.1 Å². The maximum atomic E-state index is 12.1. The number of aliphatic carboxylic acids is 1. The van der Waals surface area contributed by atoms with Crippen LogP contribution in [0.3, 0.4) is 0 Å². The number of hydrogen-bond acceptors (Lipinski definition) is 2. The van der Waals surface area contributed by atoms with Gasteiger partial charge in [-0.25, -0.2) is 9.59 Å². The molecule has 2 N–H and O–H groups in total. The Hall–Kier alpha value is -1.26. The number of hydrogen-bond donors (Lipinski definition) is 2. The van der Waals surface area contributed by atoms with Crippen molar-refractivity contribution < 1.29 is 14.7 Å². The van der Waals surface area contributed by atoms with Gasteiger partial charge in [0, 0.05) is 12.6 Å². The number of amides is 2. The van der Waals surface area contributed by atoms with Gasteiger partial charge in [0.1, 0.15) is 6.04 Å². The summed E-state index contributed by atoms with van der Waals surface area (Å²) in [5, 5.41) is 12.2. The highest BCUT2D eigenvalue weighted by Gasteiger charge is 2.39. The zero-order chi connectivity index (χ0) is 13.1. The van der Waals surface area contributed by atoms with Crippen LogP contribution >= 0.6 is 0 Å². The molecule has 0 radical (unpaired) electrons. The third-order valence-corrected chi connectivity index (χ3v) is 4.05. The van der Waals surface area contributed by atoms with E-state index < -0.39 is 12.0 Å². The lowest BCUT2D eigenvalue weighted by Gasteiger charge is -2.27. The van der Waals surface area contributed by atoms with Crippen molar-refractivity contribution in [2.75, 3.05) is 6.54 Å². The molecule has 18 heavy (non-hydrogen) atoms. The molecule has 2 amide bonds. The lowest BCUT2D eigenvalue weighted by atomic mass is 10.1. The molecule has 0 aromatic rings. The molecule has 3 unspecified atom stereocenters. The molecule has 2 fully saturated rings. The molecule has 0 aromatic carbocycles. The molecule has 102 valence electrons. The van der Waals surface area contributed by atoms with Crippen LogP contribution in [0.5, 0.6) is 0 Å². The van der Waals surface area contributed by atoms with Crippen LogP contribution < -0.4 is 5.32 Å². The Labute approximate surface area is 108 Å². The fourth-order valence-electron chi connectivity index (χ4n) is 2.73. The van der Waals surface area contributed by atoms with E-state index in [2.05, 4.69) is 12.2 Å². The van der Waals surface area contributed by atoms with Crippen LogP contribution in [-0.4, -0.2) is 40.6 Å². The minimum atomic E-state index is -0.880. The standard InChI is InChI=1S/C13H22N2O3/c1-2-9-8-10(9)14-13(18)15-7-5-3-4-6-11(15)12(16)17/h9-11H,2-8H2,1H3,(H,14,18)(H,16,17). The van der Waals surface area contributed by atoms with Crippen LogP contribution in [0.1, 0.15) is 45.4 Å². The van der Waals surface area contributed by atoms with Gasteiger partial charge in [-0.15, -0.1) is 0 Å². The van der Waals surface area contributed by atoms with Gasteiger partial charge in [0.15, 0.2) is 0 Å². The van der Waals surface area contributed by atoms with Crippen molar-refractivity contribution in [1.29, 1.82) is 0 Å². The molecule has 5 nitrogen and oxygen atoms in total. The molecule has 1 saturated heterocycles. The Morgan fingerprint density at radius 3 is 2.72 bits per heavy atom. The van der Waals surface area contributed by atoms with Crippen LogP contribution in [0.15, 0.2) is 0 Å². The van der Waals surface area contributed by atoms with E-state index in [9.17, 15) is 14.7 Å². The predicted octanol–water partition coefficient (Wildman–Crippen LogP) is 1.82. The van der Waals surface area contributed by atoms with Crippen molar-refractivity contribution in [3.63, 3.8) is 0 Å². The summed E-state index contributed by atoms with van der Waals surface area (Å²) in [6.45, 7) is 2.68. The van der Waals surface area contributed by atoms with Gasteiger partial charge in [-0.3, -0.25) is 0 Å². The highest BCUT2D eigenvalue weighted by Crippen LogP contribution is 2.33. The lowest BCUT2D eigenvalue weighted by molar-refractivity contribution is -0.142. The molecule has 0 bridgehead atoms. The summed E-state index contributed by atoms with van der Waals surface area (Å²) >= 11 is 0. The van der Waals surface area contributed by atoms with Gasteiger partial charge in [0.2, 0.25) is 0 Å². The second kappa shape index (κ2) is 5.59. The van der Waals surface area contributed by atoms with Crippen molar-refractivity contribution in [2.45, 2.75) is 57.5 Å². The first kappa shape index (κ1) is 13.2. The zero-order valence-electron chi connectivity index (χ0n) is 10.9. The summed E-state index contributed by atoms with van der Waals surface area (Å²) in [6, 6.07) is -0.572. The fourth-order valence-corrected chi connectivity index (χ4v) is 2.73. The monoisotopic (exact) mass is 254 g/mol. The molecule has 1 aliphatic carbocycles. The largest absolute Gasteiger partial charge is 0.480 e. The number of carboxylic acid groups (broad SMARTS) is 1. The Morgan fingerprint density at radius 1 is 1.33 bits per heavy atom. The van der Waals surface area contributed by atoms with Crippen LogP contribution in [0.2, 0.25) is 0 Å². The van der Waals surface area contributed by atoms with E-state index in [0.29, 0.717) is 18.9 Å². The average molecular weight is 254 g/mol. The van der Waals surface area contributed by atoms with Crippen molar-refractivity contribution in [3.05, 3.63) is 0 Å². The Kier molecular flexibility index (Phi) is 4.09. The SMILES string of the molecule is CCC1CC1NC(=O)N1CCCCCC1C(=O)O. The summed E-state index contributed by atoms with van der Waals surface area (Å²) < 4.78 is 0. The predicted molar refractivity (Wildman–Crippen MR) is 67.3 cm³/mol. The number of nitrogens with one attached hydrogen (secondary N) is 1. The molecule has 0 spiro atoms. The molecule has 3 atom stereocenters. The number of rotatable bonds is 3. The first-order valence-corrected chi connectivity index (χ1v) is 6.93. The third kappa shape index (κ3) is 2.94.